The summed E-state index contributed by atoms with van der Waals surface area (Å²) in [5.41, 5.74) is 1.79. The third-order valence-corrected chi connectivity index (χ3v) is 6.40. The summed E-state index contributed by atoms with van der Waals surface area (Å²) in [6.07, 6.45) is 1.52. The van der Waals surface area contributed by atoms with Crippen molar-refractivity contribution in [3.05, 3.63) is 64.5 Å². The first-order chi connectivity index (χ1) is 15.4. The molecule has 10 nitrogen and oxygen atoms in total. The number of carbonyl (C=O) groups is 1. The molecule has 2 heterocycles. The van der Waals surface area contributed by atoms with Crippen LogP contribution in [-0.4, -0.2) is 63.7 Å². The number of amides is 1. The first-order valence-corrected chi connectivity index (χ1v) is 10.9. The van der Waals surface area contributed by atoms with E-state index in [2.05, 4.69) is 32.4 Å². The molecule has 32 heavy (non-hydrogen) atoms. The fraction of sp³-hybridized carbons (Fsp3) is 0.286. The Labute approximate surface area is 189 Å². The number of aryl methyl sites for hydroxylation is 1. The molecule has 0 bridgehead atoms. The van der Waals surface area contributed by atoms with Crippen molar-refractivity contribution in [3.63, 3.8) is 0 Å². The lowest BCUT2D eigenvalue weighted by Gasteiger charge is -2.34. The van der Waals surface area contributed by atoms with E-state index < -0.39 is 10.8 Å². The van der Waals surface area contributed by atoms with Crippen molar-refractivity contribution in [2.24, 2.45) is 7.05 Å². The van der Waals surface area contributed by atoms with Crippen molar-refractivity contribution < 1.29 is 9.72 Å². The Kier molecular flexibility index (Phi) is 6.37. The highest BCUT2D eigenvalue weighted by atomic mass is 32.2. The molecule has 1 aliphatic heterocycles. The second-order valence-electron chi connectivity index (χ2n) is 7.56. The van der Waals surface area contributed by atoms with Gasteiger partial charge in [-0.3, -0.25) is 14.9 Å². The van der Waals surface area contributed by atoms with Crippen LogP contribution in [0.25, 0.3) is 0 Å². The van der Waals surface area contributed by atoms with Crippen molar-refractivity contribution >= 4 is 34.7 Å². The molecule has 166 valence electrons. The van der Waals surface area contributed by atoms with Gasteiger partial charge in [-0.05, 0) is 55.2 Å². The minimum atomic E-state index is -0.500. The van der Waals surface area contributed by atoms with Gasteiger partial charge in [0.1, 0.15) is 6.33 Å². The number of nitro groups is 1. The molecule has 1 amide bonds. The third-order valence-electron chi connectivity index (χ3n) is 5.28. The van der Waals surface area contributed by atoms with Gasteiger partial charge in [0.25, 0.3) is 11.6 Å². The molecule has 0 radical (unpaired) electrons. The fourth-order valence-corrected chi connectivity index (χ4v) is 4.22. The molecule has 0 saturated carbocycles. The molecule has 1 fully saturated rings. The molecule has 11 heteroatoms. The van der Waals surface area contributed by atoms with Crippen LogP contribution in [0.2, 0.25) is 0 Å². The second kappa shape index (κ2) is 9.37. The minimum Gasteiger partial charge on any atom is -0.369 e. The Morgan fingerprint density at radius 3 is 2.44 bits per heavy atom. The number of likely N-dealkylation sites (N-methyl/N-ethyl adjacent to an activating group) is 1. The molecular formula is C21H23N7O3S. The van der Waals surface area contributed by atoms with Gasteiger partial charge in [-0.1, -0.05) is 0 Å². The van der Waals surface area contributed by atoms with E-state index in [-0.39, 0.29) is 11.3 Å². The molecule has 1 aromatic heterocycles. The lowest BCUT2D eigenvalue weighted by molar-refractivity contribution is -0.387. The molecule has 1 aliphatic rings. The van der Waals surface area contributed by atoms with Gasteiger partial charge in [0, 0.05) is 56.2 Å². The van der Waals surface area contributed by atoms with Gasteiger partial charge in [-0.2, -0.15) is 0 Å². The summed E-state index contributed by atoms with van der Waals surface area (Å²) < 4.78 is 1.67. The van der Waals surface area contributed by atoms with E-state index >= 15 is 0 Å². The second-order valence-corrected chi connectivity index (χ2v) is 8.57. The van der Waals surface area contributed by atoms with Crippen LogP contribution in [0.4, 0.5) is 17.1 Å². The maximum Gasteiger partial charge on any atom is 0.284 e. The van der Waals surface area contributed by atoms with Gasteiger partial charge >= 0.3 is 0 Å². The van der Waals surface area contributed by atoms with E-state index in [9.17, 15) is 14.9 Å². The van der Waals surface area contributed by atoms with Crippen LogP contribution in [-0.2, 0) is 7.05 Å². The summed E-state index contributed by atoms with van der Waals surface area (Å²) >= 11 is 1.12. The average molecular weight is 454 g/mol. The summed E-state index contributed by atoms with van der Waals surface area (Å²) in [6, 6.07) is 12.1. The minimum absolute atomic E-state index is 0.156. The quantitative estimate of drug-likeness (QED) is 0.448. The SMILES string of the molecule is CN1CCN(c2ccc(NC(=O)c3ccc(Sc4nncn4C)c([N+](=O)[O-])c3)cc2)CC1. The largest absolute Gasteiger partial charge is 0.369 e. The van der Waals surface area contributed by atoms with Crippen LogP contribution in [0.15, 0.2) is 58.8 Å². The Hall–Kier alpha value is -3.44. The number of nitro benzene ring substituents is 1. The van der Waals surface area contributed by atoms with Crippen molar-refractivity contribution in [1.82, 2.24) is 19.7 Å². The monoisotopic (exact) mass is 453 g/mol. The molecule has 1 N–H and O–H groups in total. The molecule has 0 unspecified atom stereocenters. The van der Waals surface area contributed by atoms with E-state index in [0.717, 1.165) is 43.6 Å². The number of carbonyl (C=O) groups excluding carboxylic acids is 1. The third kappa shape index (κ3) is 4.89. The first-order valence-electron chi connectivity index (χ1n) is 10.1. The fourth-order valence-electron chi connectivity index (χ4n) is 3.37. The summed E-state index contributed by atoms with van der Waals surface area (Å²) in [5, 5.41) is 22.6. The van der Waals surface area contributed by atoms with Crippen LogP contribution in [0.5, 0.6) is 0 Å². The predicted molar refractivity (Wildman–Crippen MR) is 122 cm³/mol. The number of piperazine rings is 1. The highest BCUT2D eigenvalue weighted by Gasteiger charge is 2.20. The molecule has 4 rings (SSSR count). The van der Waals surface area contributed by atoms with Gasteiger partial charge in [0.15, 0.2) is 5.16 Å². The Balaban J connectivity index is 1.46. The zero-order valence-electron chi connectivity index (χ0n) is 17.8. The molecule has 3 aromatic rings. The number of hydrogen-bond donors (Lipinski definition) is 1. The summed E-state index contributed by atoms with van der Waals surface area (Å²) in [7, 11) is 3.87. The normalized spacial score (nSPS) is 14.4. The van der Waals surface area contributed by atoms with E-state index in [1.54, 1.807) is 23.7 Å². The van der Waals surface area contributed by atoms with E-state index in [1.807, 2.05) is 24.3 Å². The lowest BCUT2D eigenvalue weighted by atomic mass is 10.1. The Morgan fingerprint density at radius 1 is 1.09 bits per heavy atom. The number of nitrogens with one attached hydrogen (secondary N) is 1. The molecule has 0 atom stereocenters. The maximum absolute atomic E-state index is 12.7. The van der Waals surface area contributed by atoms with E-state index in [4.69, 9.17) is 0 Å². The van der Waals surface area contributed by atoms with Crippen molar-refractivity contribution in [2.45, 2.75) is 10.1 Å². The van der Waals surface area contributed by atoms with Crippen molar-refractivity contribution in [1.29, 1.82) is 0 Å². The van der Waals surface area contributed by atoms with Crippen LogP contribution >= 0.6 is 11.8 Å². The number of benzene rings is 2. The van der Waals surface area contributed by atoms with Gasteiger partial charge in [-0.15, -0.1) is 10.2 Å². The Morgan fingerprint density at radius 2 is 1.81 bits per heavy atom. The van der Waals surface area contributed by atoms with Crippen LogP contribution in [0, 0.1) is 10.1 Å². The number of hydrogen-bond acceptors (Lipinski definition) is 8. The summed E-state index contributed by atoms with van der Waals surface area (Å²) in [5.74, 6) is -0.407. The predicted octanol–water partition coefficient (Wildman–Crippen LogP) is 2.88. The van der Waals surface area contributed by atoms with Crippen molar-refractivity contribution in [2.75, 3.05) is 43.4 Å². The standard InChI is InChI=1S/C21H23N7O3S/c1-25-9-11-27(12-10-25)17-6-4-16(5-7-17)23-20(29)15-3-8-19(18(13-15)28(30)31)32-21-24-22-14-26(21)2/h3-8,13-14H,9-12H2,1-2H3,(H,23,29). The number of anilines is 2. The van der Waals surface area contributed by atoms with Gasteiger partial charge in [-0.25, -0.2) is 0 Å². The average Bonchev–Trinajstić information content (AvgIpc) is 3.19. The zero-order valence-corrected chi connectivity index (χ0v) is 18.6. The molecule has 1 saturated heterocycles. The van der Waals surface area contributed by atoms with Gasteiger partial charge in [0.2, 0.25) is 0 Å². The smallest absolute Gasteiger partial charge is 0.284 e. The first kappa shape index (κ1) is 21.8. The van der Waals surface area contributed by atoms with E-state index in [0.29, 0.717) is 15.7 Å². The number of rotatable bonds is 6. The summed E-state index contributed by atoms with van der Waals surface area (Å²) in [6.45, 7) is 3.96. The topological polar surface area (TPSA) is 109 Å². The molecule has 0 spiro atoms. The number of aromatic nitrogens is 3. The lowest BCUT2D eigenvalue weighted by Crippen LogP contribution is -2.44. The molecule has 2 aromatic carbocycles. The molecular weight excluding hydrogens is 430 g/mol. The van der Waals surface area contributed by atoms with Crippen LogP contribution in [0.3, 0.4) is 0 Å². The summed E-state index contributed by atoms with van der Waals surface area (Å²) in [4.78, 5) is 28.8. The highest BCUT2D eigenvalue weighted by Crippen LogP contribution is 2.34. The number of nitrogens with zero attached hydrogens (tertiary/aromatic N) is 6. The van der Waals surface area contributed by atoms with Gasteiger partial charge in [0.05, 0.1) is 9.82 Å². The maximum atomic E-state index is 12.7. The Bertz CT molecular complexity index is 1120. The van der Waals surface area contributed by atoms with Gasteiger partial charge < -0.3 is 19.7 Å². The zero-order chi connectivity index (χ0) is 22.7. The van der Waals surface area contributed by atoms with Crippen LogP contribution < -0.4 is 10.2 Å². The molecule has 0 aliphatic carbocycles. The van der Waals surface area contributed by atoms with E-state index in [1.165, 1.54) is 12.4 Å². The van der Waals surface area contributed by atoms with Crippen LogP contribution in [0.1, 0.15) is 10.4 Å². The highest BCUT2D eigenvalue weighted by molar-refractivity contribution is 7.99. The van der Waals surface area contributed by atoms with Crippen molar-refractivity contribution in [3.8, 4) is 0 Å².